The number of rotatable bonds is 4. The van der Waals surface area contributed by atoms with Crippen LogP contribution in [-0.4, -0.2) is 12.1 Å². The van der Waals surface area contributed by atoms with Crippen molar-refractivity contribution in [3.05, 3.63) is 12.2 Å². The van der Waals surface area contributed by atoms with Crippen LogP contribution in [0.3, 0.4) is 0 Å². The zero-order valence-corrected chi connectivity index (χ0v) is 19.5. The molecule has 4 rings (SSSR count). The number of esters is 1. The van der Waals surface area contributed by atoms with Crippen LogP contribution in [0.15, 0.2) is 12.2 Å². The van der Waals surface area contributed by atoms with Gasteiger partial charge in [-0.15, -0.1) is 0 Å². The monoisotopic (exact) mass is 400 g/mol. The lowest BCUT2D eigenvalue weighted by Crippen LogP contribution is -2.49. The van der Waals surface area contributed by atoms with Crippen LogP contribution in [0.2, 0.25) is 0 Å². The highest BCUT2D eigenvalue weighted by Gasteiger charge is 2.57. The fourth-order valence-corrected chi connectivity index (χ4v) is 8.59. The van der Waals surface area contributed by atoms with Gasteiger partial charge in [0, 0.05) is 6.92 Å². The van der Waals surface area contributed by atoms with Gasteiger partial charge < -0.3 is 4.74 Å². The van der Waals surface area contributed by atoms with Crippen LogP contribution in [0.1, 0.15) is 92.4 Å². The fraction of sp³-hybridized carbons (Fsp3) is 0.889. The topological polar surface area (TPSA) is 26.3 Å². The molecular weight excluding hydrogens is 356 g/mol. The molecule has 0 spiro atoms. The molecule has 4 aliphatic rings. The first-order valence-corrected chi connectivity index (χ1v) is 12.6. The van der Waals surface area contributed by atoms with Crippen molar-refractivity contribution < 1.29 is 9.53 Å². The van der Waals surface area contributed by atoms with E-state index in [0.717, 1.165) is 54.3 Å². The van der Waals surface area contributed by atoms with Crippen molar-refractivity contribution in [1.82, 2.24) is 0 Å². The Morgan fingerprint density at radius 2 is 1.69 bits per heavy atom. The van der Waals surface area contributed by atoms with Gasteiger partial charge in [-0.05, 0) is 111 Å². The van der Waals surface area contributed by atoms with Gasteiger partial charge in [0.25, 0.3) is 0 Å². The Morgan fingerprint density at radius 1 is 0.931 bits per heavy atom. The van der Waals surface area contributed by atoms with E-state index in [1.54, 1.807) is 6.92 Å². The van der Waals surface area contributed by atoms with Gasteiger partial charge in [0.15, 0.2) is 0 Å². The molecule has 29 heavy (non-hydrogen) atoms. The molecule has 2 nitrogen and oxygen atoms in total. The second kappa shape index (κ2) is 8.39. The summed E-state index contributed by atoms with van der Waals surface area (Å²) in [6.45, 7) is 11.3. The van der Waals surface area contributed by atoms with Crippen molar-refractivity contribution in [1.29, 1.82) is 0 Å². The van der Waals surface area contributed by atoms with Crippen molar-refractivity contribution in [3.63, 3.8) is 0 Å². The highest BCUT2D eigenvalue weighted by molar-refractivity contribution is 5.66. The molecule has 0 radical (unpaired) electrons. The van der Waals surface area contributed by atoms with E-state index in [1.165, 1.54) is 44.9 Å². The molecule has 0 aromatic rings. The molecule has 0 N–H and O–H groups in total. The maximum absolute atomic E-state index is 11.4. The summed E-state index contributed by atoms with van der Waals surface area (Å²) in [6.07, 6.45) is 17.3. The fourth-order valence-electron chi connectivity index (χ4n) is 8.59. The van der Waals surface area contributed by atoms with Gasteiger partial charge >= 0.3 is 5.97 Å². The van der Waals surface area contributed by atoms with Crippen LogP contribution in [0.5, 0.6) is 0 Å². The van der Waals surface area contributed by atoms with E-state index >= 15 is 0 Å². The van der Waals surface area contributed by atoms with E-state index in [2.05, 4.69) is 39.8 Å². The average molecular weight is 401 g/mol. The van der Waals surface area contributed by atoms with E-state index in [0.29, 0.717) is 11.3 Å². The van der Waals surface area contributed by atoms with E-state index in [9.17, 15) is 4.79 Å². The molecule has 0 aromatic carbocycles. The minimum atomic E-state index is -0.0896. The molecule has 0 bridgehead atoms. The molecule has 4 saturated carbocycles. The minimum absolute atomic E-state index is 0.0896. The molecule has 2 heteroatoms. The number of carbonyl (C=O) groups excluding carboxylic acids is 1. The Labute approximate surface area is 179 Å². The van der Waals surface area contributed by atoms with E-state index in [1.807, 2.05) is 0 Å². The molecule has 0 saturated heterocycles. The Bertz CT molecular complexity index is 622. The Morgan fingerprint density at radius 3 is 2.41 bits per heavy atom. The van der Waals surface area contributed by atoms with Crippen LogP contribution in [0.25, 0.3) is 0 Å². The Hall–Kier alpha value is -0.790. The summed E-state index contributed by atoms with van der Waals surface area (Å²) in [5, 5.41) is 0. The van der Waals surface area contributed by atoms with Crippen molar-refractivity contribution >= 4 is 5.97 Å². The molecule has 0 amide bonds. The van der Waals surface area contributed by atoms with Crippen LogP contribution < -0.4 is 0 Å². The number of fused-ring (bicyclic) bond motifs is 5. The average Bonchev–Trinajstić information content (AvgIpc) is 3.02. The van der Waals surface area contributed by atoms with Gasteiger partial charge in [0.2, 0.25) is 0 Å². The second-order valence-corrected chi connectivity index (χ2v) is 11.7. The predicted octanol–water partition coefficient (Wildman–Crippen LogP) is 7.04. The molecule has 4 fully saturated rings. The van der Waals surface area contributed by atoms with Gasteiger partial charge in [-0.2, -0.15) is 0 Å². The third-order valence-corrected chi connectivity index (χ3v) is 9.75. The van der Waals surface area contributed by atoms with Crippen LogP contribution in [-0.2, 0) is 9.53 Å². The summed E-state index contributed by atoms with van der Waals surface area (Å²) in [6, 6.07) is 0. The lowest BCUT2D eigenvalue weighted by Gasteiger charge is -2.56. The normalized spacial score (nSPS) is 45.5. The van der Waals surface area contributed by atoms with E-state index < -0.39 is 0 Å². The van der Waals surface area contributed by atoms with Gasteiger partial charge in [0.1, 0.15) is 6.10 Å². The smallest absolute Gasteiger partial charge is 0.302 e. The molecule has 8 unspecified atom stereocenters. The summed E-state index contributed by atoms with van der Waals surface area (Å²) in [5.41, 5.74) is 0.559. The molecule has 0 heterocycles. The van der Waals surface area contributed by atoms with Crippen LogP contribution in [0.4, 0.5) is 0 Å². The SMILES string of the molecule is CC(=O)O[C@H]1CCC2C(CCC3C2CCC2(C)C(C(C)/C=C\C(C)C)CCC32)C1. The van der Waals surface area contributed by atoms with Crippen molar-refractivity contribution in [2.45, 2.75) is 98.5 Å². The Kier molecular flexibility index (Phi) is 6.20. The summed E-state index contributed by atoms with van der Waals surface area (Å²) in [4.78, 5) is 11.4. The van der Waals surface area contributed by atoms with Gasteiger partial charge in [-0.25, -0.2) is 0 Å². The van der Waals surface area contributed by atoms with E-state index in [-0.39, 0.29) is 12.1 Å². The minimum Gasteiger partial charge on any atom is -0.463 e. The first-order valence-electron chi connectivity index (χ1n) is 12.6. The molecular formula is C27H44O2. The number of ether oxygens (including phenoxy) is 1. The highest BCUT2D eigenvalue weighted by atomic mass is 16.5. The maximum Gasteiger partial charge on any atom is 0.302 e. The first kappa shape index (κ1) is 21.4. The number of carbonyl (C=O) groups is 1. The summed E-state index contributed by atoms with van der Waals surface area (Å²) in [5.74, 6) is 6.75. The largest absolute Gasteiger partial charge is 0.463 e. The van der Waals surface area contributed by atoms with Crippen LogP contribution in [0, 0.1) is 52.8 Å². The molecule has 164 valence electrons. The maximum atomic E-state index is 11.4. The number of allylic oxidation sites excluding steroid dienone is 2. The zero-order chi connectivity index (χ0) is 20.8. The third-order valence-electron chi connectivity index (χ3n) is 9.75. The second-order valence-electron chi connectivity index (χ2n) is 11.7. The number of hydrogen-bond donors (Lipinski definition) is 0. The lowest BCUT2D eigenvalue weighted by molar-refractivity contribution is -0.152. The van der Waals surface area contributed by atoms with Crippen molar-refractivity contribution in [2.75, 3.05) is 0 Å². The summed E-state index contributed by atoms with van der Waals surface area (Å²) in [7, 11) is 0. The lowest BCUT2D eigenvalue weighted by atomic mass is 9.49. The van der Waals surface area contributed by atoms with Crippen molar-refractivity contribution in [2.24, 2.45) is 52.8 Å². The zero-order valence-electron chi connectivity index (χ0n) is 19.5. The van der Waals surface area contributed by atoms with Crippen molar-refractivity contribution in [3.8, 4) is 0 Å². The van der Waals surface area contributed by atoms with Gasteiger partial charge in [-0.3, -0.25) is 4.79 Å². The number of hydrogen-bond acceptors (Lipinski definition) is 2. The summed E-state index contributed by atoms with van der Waals surface area (Å²) < 4.78 is 5.60. The quantitative estimate of drug-likeness (QED) is 0.374. The molecule has 4 aliphatic carbocycles. The Balaban J connectivity index is 1.44. The molecule has 0 aromatic heterocycles. The predicted molar refractivity (Wildman–Crippen MR) is 119 cm³/mol. The van der Waals surface area contributed by atoms with Gasteiger partial charge in [0.05, 0.1) is 0 Å². The van der Waals surface area contributed by atoms with E-state index in [4.69, 9.17) is 4.74 Å². The molecule has 0 aliphatic heterocycles. The standard InChI is InChI=1S/C27H44O2/c1-17(2)6-7-18(3)25-12-13-26-24-10-8-20-16-21(29-19(4)28)9-11-22(20)23(24)14-15-27(25,26)5/h6-7,17-18,20-26H,8-16H2,1-5H3/b7-6-/t18?,20?,21-,22?,23?,24?,25?,26?,27?/m0/s1. The first-order chi connectivity index (χ1) is 13.8. The van der Waals surface area contributed by atoms with Crippen LogP contribution >= 0.6 is 0 Å². The molecule has 9 atom stereocenters. The highest BCUT2D eigenvalue weighted by Crippen LogP contribution is 2.65. The summed E-state index contributed by atoms with van der Waals surface area (Å²) >= 11 is 0. The third kappa shape index (κ3) is 4.07. The van der Waals surface area contributed by atoms with Gasteiger partial charge in [-0.1, -0.05) is 39.8 Å².